The lowest BCUT2D eigenvalue weighted by atomic mass is 9.63. The smallest absolute Gasteiger partial charge is 0.385 e. The van der Waals surface area contributed by atoms with Crippen LogP contribution in [-0.2, 0) is 0 Å². The molecule has 0 aromatic rings. The van der Waals surface area contributed by atoms with Crippen LogP contribution < -0.4 is 0 Å². The van der Waals surface area contributed by atoms with Crippen LogP contribution in [0.25, 0.3) is 0 Å². The lowest BCUT2D eigenvalue weighted by Crippen LogP contribution is -2.58. The van der Waals surface area contributed by atoms with E-state index in [2.05, 4.69) is 139 Å². The highest BCUT2D eigenvalue weighted by Crippen LogP contribution is 2.30. The van der Waals surface area contributed by atoms with Crippen LogP contribution in [0.2, 0.25) is 0 Å². The van der Waals surface area contributed by atoms with E-state index in [1.165, 1.54) is 0 Å². The van der Waals surface area contributed by atoms with Gasteiger partial charge in [0.25, 0.3) is 0 Å². The molecular formula is C22H40B2N4. The molecule has 0 amide bonds. The van der Waals surface area contributed by atoms with Crippen LogP contribution >= 0.6 is 0 Å². The summed E-state index contributed by atoms with van der Waals surface area (Å²) in [6.45, 7) is 27.0. The van der Waals surface area contributed by atoms with E-state index in [1.54, 1.807) is 0 Å². The molecule has 2 heterocycles. The number of rotatable bonds is 0. The summed E-state index contributed by atoms with van der Waals surface area (Å²) in [6.07, 6.45) is 8.78. The highest BCUT2D eigenvalue weighted by atomic mass is 15.3. The summed E-state index contributed by atoms with van der Waals surface area (Å²) in [4.78, 5) is 9.49. The van der Waals surface area contributed by atoms with Gasteiger partial charge in [-0.3, -0.25) is 0 Å². The second-order valence-corrected chi connectivity index (χ2v) is 11.9. The molecular weight excluding hydrogens is 342 g/mol. The Hall–Kier alpha value is -1.63. The Labute approximate surface area is 175 Å². The van der Waals surface area contributed by atoms with Crippen molar-refractivity contribution in [3.63, 3.8) is 0 Å². The van der Waals surface area contributed by atoms with Crippen LogP contribution in [0.1, 0.15) is 83.1 Å². The summed E-state index contributed by atoms with van der Waals surface area (Å²) >= 11 is 0. The largest absolute Gasteiger partial charge is 0.464 e. The Morgan fingerprint density at radius 3 is 0.750 bits per heavy atom. The van der Waals surface area contributed by atoms with Gasteiger partial charge in [-0.15, -0.1) is 11.6 Å². The average molecular weight is 382 g/mol. The van der Waals surface area contributed by atoms with Crippen molar-refractivity contribution in [1.82, 2.24) is 19.2 Å². The van der Waals surface area contributed by atoms with Gasteiger partial charge in [0.1, 0.15) is 0 Å². The van der Waals surface area contributed by atoms with Crippen LogP contribution in [0.5, 0.6) is 0 Å². The molecule has 0 atom stereocenters. The van der Waals surface area contributed by atoms with Gasteiger partial charge in [-0.25, -0.2) is 0 Å². The maximum Gasteiger partial charge on any atom is 0.464 e. The fourth-order valence-electron chi connectivity index (χ4n) is 3.67. The van der Waals surface area contributed by atoms with Crippen LogP contribution in [0.4, 0.5) is 0 Å². The molecule has 0 fully saturated rings. The van der Waals surface area contributed by atoms with Crippen LogP contribution in [0.3, 0.4) is 0 Å². The lowest BCUT2D eigenvalue weighted by Gasteiger charge is -2.42. The molecule has 0 saturated heterocycles. The van der Waals surface area contributed by atoms with Gasteiger partial charge in [-0.05, 0) is 83.1 Å². The Morgan fingerprint density at radius 2 is 0.607 bits per heavy atom. The van der Waals surface area contributed by atoms with Gasteiger partial charge in [0.05, 0.1) is 0 Å². The van der Waals surface area contributed by atoms with Crippen LogP contribution in [0.15, 0.2) is 24.8 Å². The summed E-state index contributed by atoms with van der Waals surface area (Å²) in [5, 5.41) is 0. The topological polar surface area (TPSA) is 13.0 Å². The van der Waals surface area contributed by atoms with E-state index >= 15 is 0 Å². The molecule has 4 nitrogen and oxygen atoms in total. The second kappa shape index (κ2) is 7.01. The molecule has 0 unspecified atom stereocenters. The van der Waals surface area contributed by atoms with Gasteiger partial charge in [0, 0.05) is 47.0 Å². The molecule has 6 heteroatoms. The van der Waals surface area contributed by atoms with Crippen molar-refractivity contribution in [3.05, 3.63) is 24.8 Å². The third kappa shape index (κ3) is 4.67. The molecule has 28 heavy (non-hydrogen) atoms. The number of hydrogen-bond acceptors (Lipinski definition) is 4. The van der Waals surface area contributed by atoms with Crippen molar-refractivity contribution >= 4 is 14.0 Å². The molecule has 0 saturated carbocycles. The maximum absolute atomic E-state index is 3.66. The Kier molecular flexibility index (Phi) is 5.67. The van der Waals surface area contributed by atoms with Crippen molar-refractivity contribution in [2.45, 2.75) is 105 Å². The van der Waals surface area contributed by atoms with Gasteiger partial charge in [-0.2, -0.15) is 0 Å². The third-order valence-corrected chi connectivity index (χ3v) is 5.27. The van der Waals surface area contributed by atoms with E-state index in [-0.39, 0.29) is 36.1 Å². The monoisotopic (exact) mass is 382 g/mol. The highest BCUT2D eigenvalue weighted by molar-refractivity contribution is 6.69. The molecule has 0 bridgehead atoms. The van der Waals surface area contributed by atoms with Gasteiger partial charge in [0.15, 0.2) is 0 Å². The summed E-state index contributed by atoms with van der Waals surface area (Å²) in [7, 11) is 0. The second-order valence-electron chi connectivity index (χ2n) is 11.9. The van der Waals surface area contributed by atoms with Crippen LogP contribution in [0, 0.1) is 11.6 Å². The van der Waals surface area contributed by atoms with Crippen molar-refractivity contribution in [3.8, 4) is 11.6 Å². The van der Waals surface area contributed by atoms with Crippen LogP contribution in [-0.4, -0.2) is 55.4 Å². The van der Waals surface area contributed by atoms with E-state index in [9.17, 15) is 0 Å². The predicted molar refractivity (Wildman–Crippen MR) is 124 cm³/mol. The predicted octanol–water partition coefficient (Wildman–Crippen LogP) is 4.42. The van der Waals surface area contributed by atoms with Crippen molar-refractivity contribution in [1.29, 1.82) is 0 Å². The van der Waals surface area contributed by atoms with Gasteiger partial charge >= 0.3 is 14.0 Å². The zero-order valence-corrected chi connectivity index (χ0v) is 20.3. The standard InChI is InChI=1S/C22H40B2N4/c1-19(2,3)25-15-16-26(20(4,5)6)23(25)13-14-24-27(21(7,8)9)17-18-28(24)22(10,11)12/h15-18H,1-12H3. The molecule has 0 radical (unpaired) electrons. The fraction of sp³-hybridized carbons (Fsp3) is 0.727. The Morgan fingerprint density at radius 1 is 0.429 bits per heavy atom. The zero-order valence-electron chi connectivity index (χ0n) is 20.3. The van der Waals surface area contributed by atoms with E-state index < -0.39 is 0 Å². The summed E-state index contributed by atoms with van der Waals surface area (Å²) < 4.78 is 0. The van der Waals surface area contributed by atoms with E-state index in [0.717, 1.165) is 0 Å². The minimum atomic E-state index is 0.0111. The van der Waals surface area contributed by atoms with E-state index in [0.29, 0.717) is 0 Å². The van der Waals surface area contributed by atoms with Crippen molar-refractivity contribution in [2.24, 2.45) is 0 Å². The molecule has 0 N–H and O–H groups in total. The number of nitrogens with zero attached hydrogens (tertiary/aromatic N) is 4. The molecule has 2 rings (SSSR count). The maximum atomic E-state index is 3.66. The third-order valence-electron chi connectivity index (χ3n) is 5.27. The molecule has 0 aromatic heterocycles. The Balaban J connectivity index is 2.44. The normalized spacial score (nSPS) is 18.4. The minimum Gasteiger partial charge on any atom is -0.385 e. The van der Waals surface area contributed by atoms with Crippen molar-refractivity contribution in [2.75, 3.05) is 0 Å². The highest BCUT2D eigenvalue weighted by Gasteiger charge is 2.44. The first-order chi connectivity index (χ1) is 12.4. The minimum absolute atomic E-state index is 0.0111. The Bertz CT molecular complexity index is 584. The van der Waals surface area contributed by atoms with Gasteiger partial charge in [-0.1, -0.05) is 0 Å². The molecule has 0 aliphatic carbocycles. The molecule has 154 valence electrons. The molecule has 0 aromatic carbocycles. The number of hydrogen-bond donors (Lipinski definition) is 0. The van der Waals surface area contributed by atoms with Gasteiger partial charge in [0.2, 0.25) is 0 Å². The van der Waals surface area contributed by atoms with E-state index in [4.69, 9.17) is 0 Å². The quantitative estimate of drug-likeness (QED) is 0.454. The first kappa shape index (κ1) is 22.7. The summed E-state index contributed by atoms with van der Waals surface area (Å²) in [6, 6.07) is 0. The first-order valence-electron chi connectivity index (χ1n) is 10.5. The zero-order chi connectivity index (χ0) is 21.7. The lowest BCUT2D eigenvalue weighted by molar-refractivity contribution is 0.285. The summed E-state index contributed by atoms with van der Waals surface area (Å²) in [5.41, 5.74) is 0.0444. The van der Waals surface area contributed by atoms with E-state index in [1.807, 2.05) is 0 Å². The van der Waals surface area contributed by atoms with Gasteiger partial charge < -0.3 is 19.2 Å². The summed E-state index contributed by atoms with van der Waals surface area (Å²) in [5.74, 6) is 7.31. The SMILES string of the molecule is CC(C)(C)N1C=CN(C(C)(C)C)B1C#CB1N(C(C)(C)C)C=CN1C(C)(C)C. The molecule has 2 aliphatic heterocycles. The fourth-order valence-corrected chi connectivity index (χ4v) is 3.67. The van der Waals surface area contributed by atoms with Crippen molar-refractivity contribution < 1.29 is 0 Å². The molecule has 0 spiro atoms. The average Bonchev–Trinajstić information content (AvgIpc) is 3.06. The molecule has 2 aliphatic rings. The first-order valence-corrected chi connectivity index (χ1v) is 10.5.